The van der Waals surface area contributed by atoms with Crippen molar-refractivity contribution in [1.29, 1.82) is 0 Å². The summed E-state index contributed by atoms with van der Waals surface area (Å²) in [6.45, 7) is -0.0531. The first-order chi connectivity index (χ1) is 8.80. The number of carbonyl (C=O) groups excluding carboxylic acids is 1. The minimum atomic E-state index is -4.94. The summed E-state index contributed by atoms with van der Waals surface area (Å²) in [5.74, 6) is -2.81. The van der Waals surface area contributed by atoms with E-state index in [2.05, 4.69) is 0 Å². The van der Waals surface area contributed by atoms with E-state index in [1.54, 1.807) is 0 Å². The summed E-state index contributed by atoms with van der Waals surface area (Å²) in [6.07, 6.45) is -4.94. The zero-order valence-corrected chi connectivity index (χ0v) is 10.2. The van der Waals surface area contributed by atoms with Crippen molar-refractivity contribution in [2.24, 2.45) is 0 Å². The topological polar surface area (TPSA) is 57.6 Å². The summed E-state index contributed by atoms with van der Waals surface area (Å²) in [5, 5.41) is 8.82. The molecule has 1 aliphatic rings. The minimum Gasteiger partial charge on any atom is -0.478 e. The van der Waals surface area contributed by atoms with Gasteiger partial charge in [-0.2, -0.15) is 13.2 Å². The summed E-state index contributed by atoms with van der Waals surface area (Å²) in [7, 11) is 0. The molecule has 1 N–H and O–H groups in total. The van der Waals surface area contributed by atoms with Gasteiger partial charge in [-0.1, -0.05) is 0 Å². The van der Waals surface area contributed by atoms with Crippen LogP contribution in [-0.4, -0.2) is 35.5 Å². The van der Waals surface area contributed by atoms with Crippen molar-refractivity contribution in [1.82, 2.24) is 0 Å². The first kappa shape index (κ1) is 13.7. The van der Waals surface area contributed by atoms with Crippen LogP contribution < -0.4 is 4.90 Å². The monoisotopic (exact) mass is 291 g/mol. The maximum absolute atomic E-state index is 12.4. The first-order valence-electron chi connectivity index (χ1n) is 5.19. The molecule has 102 valence electrons. The average Bonchev–Trinajstić information content (AvgIpc) is 2.35. The molecule has 0 unspecified atom stereocenters. The number of hydrogen-bond donors (Lipinski definition) is 1. The van der Waals surface area contributed by atoms with Gasteiger partial charge < -0.3 is 10.0 Å². The summed E-state index contributed by atoms with van der Waals surface area (Å²) < 4.78 is 37.3. The van der Waals surface area contributed by atoms with Crippen molar-refractivity contribution in [3.8, 4) is 0 Å². The Morgan fingerprint density at radius 1 is 1.32 bits per heavy atom. The van der Waals surface area contributed by atoms with E-state index in [0.29, 0.717) is 9.80 Å². The van der Waals surface area contributed by atoms with E-state index in [1.807, 2.05) is 0 Å². The number of carbonyl (C=O) groups is 2. The highest BCUT2D eigenvalue weighted by molar-refractivity contribution is 7.99. The van der Waals surface area contributed by atoms with E-state index in [9.17, 15) is 22.8 Å². The second kappa shape index (κ2) is 4.76. The minimum absolute atomic E-state index is 0.0208. The number of benzene rings is 1. The highest BCUT2D eigenvalue weighted by Gasteiger charge is 2.44. The molecule has 1 aromatic rings. The summed E-state index contributed by atoms with van der Waals surface area (Å²) >= 11 is 1.23. The van der Waals surface area contributed by atoms with E-state index in [-0.39, 0.29) is 23.5 Å². The lowest BCUT2D eigenvalue weighted by Crippen LogP contribution is -2.43. The number of carboxylic acids is 1. The fraction of sp³-hybridized carbons (Fsp3) is 0.273. The molecule has 4 nitrogen and oxygen atoms in total. The van der Waals surface area contributed by atoms with Crippen LogP contribution in [0.4, 0.5) is 18.9 Å². The molecule has 19 heavy (non-hydrogen) atoms. The Labute approximate surface area is 110 Å². The Bertz CT molecular complexity index is 544. The molecule has 0 radical (unpaired) electrons. The molecule has 8 heteroatoms. The standard InChI is InChI=1S/C11H8F3NO3S/c12-11(13,14)10(18)15-3-4-19-8-5-6(9(16)17)1-2-7(8)15/h1-2,5H,3-4H2,(H,16,17). The second-order valence-electron chi connectivity index (χ2n) is 3.79. The number of halogens is 3. The molecule has 0 saturated heterocycles. The lowest BCUT2D eigenvalue weighted by Gasteiger charge is -2.29. The van der Waals surface area contributed by atoms with E-state index < -0.39 is 18.1 Å². The molecule has 1 heterocycles. The Morgan fingerprint density at radius 2 is 2.00 bits per heavy atom. The molecule has 0 fully saturated rings. The van der Waals surface area contributed by atoms with Gasteiger partial charge in [0.05, 0.1) is 11.3 Å². The molecule has 0 aliphatic carbocycles. The van der Waals surface area contributed by atoms with Crippen LogP contribution in [0.5, 0.6) is 0 Å². The van der Waals surface area contributed by atoms with Gasteiger partial charge in [-0.05, 0) is 18.2 Å². The van der Waals surface area contributed by atoms with Gasteiger partial charge in [0.15, 0.2) is 0 Å². The van der Waals surface area contributed by atoms with Crippen molar-refractivity contribution in [3.63, 3.8) is 0 Å². The van der Waals surface area contributed by atoms with Crippen molar-refractivity contribution in [2.45, 2.75) is 11.1 Å². The molecular weight excluding hydrogens is 283 g/mol. The lowest BCUT2D eigenvalue weighted by molar-refractivity contribution is -0.170. The number of carboxylic acid groups (broad SMARTS) is 1. The summed E-state index contributed by atoms with van der Waals surface area (Å²) in [5.41, 5.74) is 0.0798. The maximum atomic E-state index is 12.4. The van der Waals surface area contributed by atoms with Crippen molar-refractivity contribution in [2.75, 3.05) is 17.2 Å². The second-order valence-corrected chi connectivity index (χ2v) is 4.93. The molecule has 0 atom stereocenters. The third kappa shape index (κ3) is 2.67. The van der Waals surface area contributed by atoms with E-state index in [4.69, 9.17) is 5.11 Å². The Kier molecular flexibility index (Phi) is 3.44. The predicted octanol–water partition coefficient (Wildman–Crippen LogP) is 2.39. The van der Waals surface area contributed by atoms with Gasteiger partial charge in [-0.3, -0.25) is 4.79 Å². The fourth-order valence-corrected chi connectivity index (χ4v) is 2.75. The zero-order valence-electron chi connectivity index (χ0n) is 9.40. The van der Waals surface area contributed by atoms with Gasteiger partial charge in [0.1, 0.15) is 0 Å². The van der Waals surface area contributed by atoms with Gasteiger partial charge in [0, 0.05) is 17.2 Å². The van der Waals surface area contributed by atoms with Crippen LogP contribution in [0.25, 0.3) is 0 Å². The lowest BCUT2D eigenvalue weighted by atomic mass is 10.2. The number of fused-ring (bicyclic) bond motifs is 1. The molecule has 0 aromatic heterocycles. The number of hydrogen-bond acceptors (Lipinski definition) is 3. The van der Waals surface area contributed by atoms with E-state index in [1.165, 1.54) is 30.0 Å². The molecule has 1 amide bonds. The van der Waals surface area contributed by atoms with Gasteiger partial charge in [0.25, 0.3) is 0 Å². The number of anilines is 1. The summed E-state index contributed by atoms with van der Waals surface area (Å²) in [4.78, 5) is 23.1. The molecule has 0 bridgehead atoms. The van der Waals surface area contributed by atoms with Crippen LogP contribution in [0, 0.1) is 0 Å². The number of thioether (sulfide) groups is 1. The highest BCUT2D eigenvalue weighted by Crippen LogP contribution is 2.37. The quantitative estimate of drug-likeness (QED) is 0.863. The zero-order chi connectivity index (χ0) is 14.2. The van der Waals surface area contributed by atoms with Crippen LogP contribution in [0.1, 0.15) is 10.4 Å². The normalized spacial score (nSPS) is 15.0. The van der Waals surface area contributed by atoms with Gasteiger partial charge in [-0.25, -0.2) is 4.79 Å². The number of nitrogens with zero attached hydrogens (tertiary/aromatic N) is 1. The molecule has 1 aliphatic heterocycles. The third-order valence-electron chi connectivity index (χ3n) is 2.56. The number of alkyl halides is 3. The fourth-order valence-electron chi connectivity index (χ4n) is 1.72. The summed E-state index contributed by atoms with van der Waals surface area (Å²) in [6, 6.07) is 3.69. The highest BCUT2D eigenvalue weighted by atomic mass is 32.2. The Hall–Kier alpha value is -1.70. The van der Waals surface area contributed by atoms with Crippen molar-refractivity contribution < 1.29 is 27.9 Å². The number of amides is 1. The Morgan fingerprint density at radius 3 is 2.58 bits per heavy atom. The molecule has 2 rings (SSSR count). The van der Waals surface area contributed by atoms with E-state index >= 15 is 0 Å². The average molecular weight is 291 g/mol. The van der Waals surface area contributed by atoms with Gasteiger partial charge in [-0.15, -0.1) is 11.8 Å². The molecule has 0 saturated carbocycles. The van der Waals surface area contributed by atoms with E-state index in [0.717, 1.165) is 0 Å². The molecule has 1 aromatic carbocycles. The third-order valence-corrected chi connectivity index (χ3v) is 3.58. The van der Waals surface area contributed by atoms with Crippen molar-refractivity contribution >= 4 is 29.3 Å². The largest absolute Gasteiger partial charge is 0.478 e. The first-order valence-corrected chi connectivity index (χ1v) is 6.18. The van der Waals surface area contributed by atoms with Gasteiger partial charge >= 0.3 is 18.1 Å². The maximum Gasteiger partial charge on any atom is 0.471 e. The Balaban J connectivity index is 2.40. The van der Waals surface area contributed by atoms with Crippen LogP contribution in [0.2, 0.25) is 0 Å². The van der Waals surface area contributed by atoms with Crippen LogP contribution in [0.15, 0.2) is 23.1 Å². The number of aromatic carboxylic acids is 1. The van der Waals surface area contributed by atoms with Crippen molar-refractivity contribution in [3.05, 3.63) is 23.8 Å². The molecular formula is C11H8F3NO3S. The SMILES string of the molecule is O=C(O)c1ccc2c(c1)SCCN2C(=O)C(F)(F)F. The predicted molar refractivity (Wildman–Crippen MR) is 62.5 cm³/mol. The van der Waals surface area contributed by atoms with Gasteiger partial charge in [0.2, 0.25) is 0 Å². The van der Waals surface area contributed by atoms with Crippen LogP contribution in [-0.2, 0) is 4.79 Å². The molecule has 0 spiro atoms. The van der Waals surface area contributed by atoms with Crippen LogP contribution in [0.3, 0.4) is 0 Å². The van der Waals surface area contributed by atoms with Crippen LogP contribution >= 0.6 is 11.8 Å². The smallest absolute Gasteiger partial charge is 0.471 e. The number of rotatable bonds is 1.